The van der Waals surface area contributed by atoms with Crippen LogP contribution in [0.5, 0.6) is 0 Å². The summed E-state index contributed by atoms with van der Waals surface area (Å²) in [4.78, 5) is 23.3. The van der Waals surface area contributed by atoms with Gasteiger partial charge in [-0.3, -0.25) is 9.59 Å². The summed E-state index contributed by atoms with van der Waals surface area (Å²) in [5.41, 5.74) is -0.485. The molecule has 3 N–H and O–H groups in total. The maximum absolute atomic E-state index is 11.6. The van der Waals surface area contributed by atoms with Crippen molar-refractivity contribution >= 4 is 11.8 Å². The molecule has 0 radical (unpaired) electrons. The third-order valence-electron chi connectivity index (χ3n) is 3.10. The van der Waals surface area contributed by atoms with Crippen molar-refractivity contribution in [2.45, 2.75) is 53.9 Å². The Morgan fingerprint density at radius 3 is 2.15 bits per heavy atom. The van der Waals surface area contributed by atoms with E-state index in [0.717, 1.165) is 0 Å². The predicted octanol–water partition coefficient (Wildman–Crippen LogP) is 1.45. The van der Waals surface area contributed by atoms with Crippen LogP contribution >= 0.6 is 0 Å². The number of hydrogen-bond donors (Lipinski definition) is 3. The molecule has 20 heavy (non-hydrogen) atoms. The Kier molecular flexibility index (Phi) is 7.79. The number of aliphatic hydroxyl groups is 1. The van der Waals surface area contributed by atoms with Gasteiger partial charge in [0.1, 0.15) is 0 Å². The zero-order valence-electron chi connectivity index (χ0n) is 13.5. The first-order valence-electron chi connectivity index (χ1n) is 7.24. The smallest absolute Gasteiger partial charge is 0.225 e. The number of aliphatic hydroxyl groups excluding tert-OH is 1. The Balaban J connectivity index is 3.77. The van der Waals surface area contributed by atoms with E-state index in [0.29, 0.717) is 32.4 Å². The van der Waals surface area contributed by atoms with Gasteiger partial charge in [0.2, 0.25) is 11.8 Å². The zero-order chi connectivity index (χ0) is 15.8. The molecular weight excluding hydrogens is 256 g/mol. The summed E-state index contributed by atoms with van der Waals surface area (Å²) in [5, 5.41) is 14.6. The standard InChI is InChI=1S/C15H30N2O3/c1-14(2,3)13(20)16-9-6-7-12(19)17-11-15(4,5)8-10-18/h18H,6-11H2,1-5H3,(H,16,20)(H,17,19). The van der Waals surface area contributed by atoms with E-state index in [-0.39, 0.29) is 23.8 Å². The Labute approximate surface area is 122 Å². The van der Waals surface area contributed by atoms with Crippen molar-refractivity contribution in [3.63, 3.8) is 0 Å². The minimum atomic E-state index is -0.392. The van der Waals surface area contributed by atoms with E-state index in [2.05, 4.69) is 10.6 Å². The van der Waals surface area contributed by atoms with Crippen LogP contribution in [0, 0.1) is 10.8 Å². The Bertz CT molecular complexity index is 320. The maximum Gasteiger partial charge on any atom is 0.225 e. The molecule has 0 spiro atoms. The molecule has 0 saturated carbocycles. The van der Waals surface area contributed by atoms with E-state index in [1.165, 1.54) is 0 Å². The topological polar surface area (TPSA) is 78.4 Å². The van der Waals surface area contributed by atoms with Crippen molar-refractivity contribution in [1.29, 1.82) is 0 Å². The van der Waals surface area contributed by atoms with Gasteiger partial charge in [0, 0.05) is 31.5 Å². The van der Waals surface area contributed by atoms with Crippen molar-refractivity contribution in [2.24, 2.45) is 10.8 Å². The highest BCUT2D eigenvalue weighted by atomic mass is 16.3. The summed E-state index contributed by atoms with van der Waals surface area (Å²) >= 11 is 0. The van der Waals surface area contributed by atoms with Crippen molar-refractivity contribution < 1.29 is 14.7 Å². The van der Waals surface area contributed by atoms with Gasteiger partial charge in [-0.15, -0.1) is 0 Å². The van der Waals surface area contributed by atoms with Gasteiger partial charge in [-0.1, -0.05) is 34.6 Å². The van der Waals surface area contributed by atoms with Gasteiger partial charge in [0.05, 0.1) is 0 Å². The first-order valence-corrected chi connectivity index (χ1v) is 7.24. The average Bonchev–Trinajstić information content (AvgIpc) is 2.30. The Morgan fingerprint density at radius 2 is 1.65 bits per heavy atom. The second-order valence-corrected chi connectivity index (χ2v) is 7.02. The van der Waals surface area contributed by atoms with Crippen LogP contribution in [0.1, 0.15) is 53.9 Å². The summed E-state index contributed by atoms with van der Waals surface area (Å²) in [6.45, 7) is 10.8. The van der Waals surface area contributed by atoms with Crippen LogP contribution in [0.15, 0.2) is 0 Å². The van der Waals surface area contributed by atoms with Crippen molar-refractivity contribution in [1.82, 2.24) is 10.6 Å². The minimum absolute atomic E-state index is 0.00184. The molecular formula is C15H30N2O3. The van der Waals surface area contributed by atoms with E-state index >= 15 is 0 Å². The number of hydrogen-bond acceptors (Lipinski definition) is 3. The van der Waals surface area contributed by atoms with Gasteiger partial charge >= 0.3 is 0 Å². The van der Waals surface area contributed by atoms with Gasteiger partial charge in [-0.2, -0.15) is 0 Å². The van der Waals surface area contributed by atoms with E-state index < -0.39 is 5.41 Å². The summed E-state index contributed by atoms with van der Waals surface area (Å²) in [6, 6.07) is 0. The summed E-state index contributed by atoms with van der Waals surface area (Å²) in [7, 11) is 0. The molecule has 0 saturated heterocycles. The van der Waals surface area contributed by atoms with Crippen LogP contribution in [0.4, 0.5) is 0 Å². The molecule has 0 fully saturated rings. The lowest BCUT2D eigenvalue weighted by Crippen LogP contribution is -2.37. The molecule has 0 aliphatic rings. The molecule has 0 heterocycles. The lowest BCUT2D eigenvalue weighted by Gasteiger charge is -2.23. The van der Waals surface area contributed by atoms with Crippen LogP contribution in [-0.4, -0.2) is 36.6 Å². The van der Waals surface area contributed by atoms with Crippen LogP contribution in [0.2, 0.25) is 0 Å². The molecule has 0 aliphatic carbocycles. The van der Waals surface area contributed by atoms with Crippen molar-refractivity contribution in [3.05, 3.63) is 0 Å². The molecule has 2 amide bonds. The highest BCUT2D eigenvalue weighted by Gasteiger charge is 2.20. The van der Waals surface area contributed by atoms with Gasteiger partial charge in [-0.25, -0.2) is 0 Å². The van der Waals surface area contributed by atoms with Crippen LogP contribution in [0.25, 0.3) is 0 Å². The molecule has 0 bridgehead atoms. The molecule has 0 aromatic carbocycles. The van der Waals surface area contributed by atoms with E-state index in [1.54, 1.807) is 0 Å². The molecule has 0 rings (SSSR count). The number of nitrogens with one attached hydrogen (secondary N) is 2. The lowest BCUT2D eigenvalue weighted by atomic mass is 9.90. The van der Waals surface area contributed by atoms with Crippen LogP contribution < -0.4 is 10.6 Å². The van der Waals surface area contributed by atoms with Gasteiger partial charge in [-0.05, 0) is 18.3 Å². The molecule has 0 aromatic heterocycles. The van der Waals surface area contributed by atoms with Gasteiger partial charge in [0.25, 0.3) is 0 Å². The lowest BCUT2D eigenvalue weighted by molar-refractivity contribution is -0.128. The fraction of sp³-hybridized carbons (Fsp3) is 0.867. The number of carbonyl (C=O) groups excluding carboxylic acids is 2. The van der Waals surface area contributed by atoms with E-state index in [1.807, 2.05) is 34.6 Å². The summed E-state index contributed by atoms with van der Waals surface area (Å²) < 4.78 is 0. The predicted molar refractivity (Wildman–Crippen MR) is 80.2 cm³/mol. The third kappa shape index (κ3) is 8.91. The fourth-order valence-electron chi connectivity index (χ4n) is 1.53. The quantitative estimate of drug-likeness (QED) is 0.591. The normalized spacial score (nSPS) is 12.1. The van der Waals surface area contributed by atoms with Gasteiger partial charge < -0.3 is 15.7 Å². The van der Waals surface area contributed by atoms with E-state index in [4.69, 9.17) is 5.11 Å². The highest BCUT2D eigenvalue weighted by molar-refractivity contribution is 5.81. The van der Waals surface area contributed by atoms with Crippen LogP contribution in [0.3, 0.4) is 0 Å². The second-order valence-electron chi connectivity index (χ2n) is 7.02. The first kappa shape index (κ1) is 18.9. The molecule has 0 aromatic rings. The van der Waals surface area contributed by atoms with Crippen LogP contribution in [-0.2, 0) is 9.59 Å². The highest BCUT2D eigenvalue weighted by Crippen LogP contribution is 2.18. The minimum Gasteiger partial charge on any atom is -0.396 e. The fourth-order valence-corrected chi connectivity index (χ4v) is 1.53. The third-order valence-corrected chi connectivity index (χ3v) is 3.10. The number of amides is 2. The summed E-state index contributed by atoms with van der Waals surface area (Å²) in [5.74, 6) is -0.0111. The van der Waals surface area contributed by atoms with Crippen molar-refractivity contribution in [3.8, 4) is 0 Å². The molecule has 5 heteroatoms. The number of carbonyl (C=O) groups is 2. The SMILES string of the molecule is CC(C)(CCO)CNC(=O)CCCNC(=O)C(C)(C)C. The monoisotopic (exact) mass is 286 g/mol. The van der Waals surface area contributed by atoms with Gasteiger partial charge in [0.15, 0.2) is 0 Å². The Hall–Kier alpha value is -1.10. The maximum atomic E-state index is 11.6. The zero-order valence-corrected chi connectivity index (χ0v) is 13.5. The first-order chi connectivity index (χ1) is 9.08. The van der Waals surface area contributed by atoms with Crippen molar-refractivity contribution in [2.75, 3.05) is 19.7 Å². The molecule has 5 nitrogen and oxygen atoms in total. The molecule has 0 aliphatic heterocycles. The molecule has 0 atom stereocenters. The average molecular weight is 286 g/mol. The number of rotatable bonds is 8. The molecule has 0 unspecified atom stereocenters. The second kappa shape index (κ2) is 8.25. The Morgan fingerprint density at radius 1 is 1.05 bits per heavy atom. The van der Waals surface area contributed by atoms with E-state index in [9.17, 15) is 9.59 Å². The summed E-state index contributed by atoms with van der Waals surface area (Å²) in [6.07, 6.45) is 1.70. The molecule has 118 valence electrons. The largest absolute Gasteiger partial charge is 0.396 e.